The fourth-order valence-electron chi connectivity index (χ4n) is 2.74. The van der Waals surface area contributed by atoms with E-state index in [1.165, 1.54) is 5.56 Å². The third-order valence-corrected chi connectivity index (χ3v) is 4.29. The second-order valence-corrected chi connectivity index (χ2v) is 7.76. The summed E-state index contributed by atoms with van der Waals surface area (Å²) in [5, 5.41) is 2.93. The minimum atomic E-state index is -0.699. The van der Waals surface area contributed by atoms with Crippen LogP contribution in [0.5, 0.6) is 0 Å². The monoisotopic (exact) mass is 320 g/mol. The molecular formula is C19H29FN2O. The first-order chi connectivity index (χ1) is 10.8. The highest BCUT2D eigenvalue weighted by Gasteiger charge is 2.20. The van der Waals surface area contributed by atoms with Crippen LogP contribution >= 0.6 is 0 Å². The summed E-state index contributed by atoms with van der Waals surface area (Å²) in [5.74, 6) is -0.0234. The SMILES string of the molecule is CC(C)(C)CCc1ccc(NC(=O)CN2CCC(F)CC2)cc1. The number of alkyl halides is 1. The number of nitrogens with one attached hydrogen (secondary N) is 1. The van der Waals surface area contributed by atoms with Crippen LogP contribution < -0.4 is 5.32 Å². The minimum absolute atomic E-state index is 0.0234. The van der Waals surface area contributed by atoms with Gasteiger partial charge in [0, 0.05) is 18.8 Å². The third kappa shape index (κ3) is 6.69. The van der Waals surface area contributed by atoms with Crippen molar-refractivity contribution in [3.8, 4) is 0 Å². The molecule has 1 aliphatic heterocycles. The molecule has 0 atom stereocenters. The van der Waals surface area contributed by atoms with Crippen molar-refractivity contribution >= 4 is 11.6 Å². The zero-order valence-electron chi connectivity index (χ0n) is 14.6. The fourth-order valence-corrected chi connectivity index (χ4v) is 2.74. The number of aryl methyl sites for hydroxylation is 1. The van der Waals surface area contributed by atoms with Crippen molar-refractivity contribution < 1.29 is 9.18 Å². The Hall–Kier alpha value is -1.42. The maximum absolute atomic E-state index is 13.1. The Morgan fingerprint density at radius 3 is 2.39 bits per heavy atom. The number of halogens is 1. The van der Waals surface area contributed by atoms with Crippen LogP contribution in [0.25, 0.3) is 0 Å². The predicted molar refractivity (Wildman–Crippen MR) is 93.4 cm³/mol. The molecule has 4 heteroatoms. The Balaban J connectivity index is 1.77. The van der Waals surface area contributed by atoms with E-state index in [9.17, 15) is 9.18 Å². The molecular weight excluding hydrogens is 291 g/mol. The maximum atomic E-state index is 13.1. The molecule has 2 rings (SSSR count). The van der Waals surface area contributed by atoms with Crippen LogP contribution in [-0.4, -0.2) is 36.6 Å². The van der Waals surface area contributed by atoms with Crippen LogP contribution in [0.1, 0.15) is 45.6 Å². The van der Waals surface area contributed by atoms with E-state index in [1.54, 1.807) is 0 Å². The highest BCUT2D eigenvalue weighted by atomic mass is 19.1. The number of nitrogens with zero attached hydrogens (tertiary/aromatic N) is 1. The molecule has 1 heterocycles. The van der Waals surface area contributed by atoms with Crippen LogP contribution in [0.3, 0.4) is 0 Å². The number of carbonyl (C=O) groups is 1. The number of amides is 1. The first-order valence-electron chi connectivity index (χ1n) is 8.57. The van der Waals surface area contributed by atoms with E-state index in [4.69, 9.17) is 0 Å². The van der Waals surface area contributed by atoms with Gasteiger partial charge in [0.05, 0.1) is 6.54 Å². The molecule has 0 aliphatic carbocycles. The molecule has 3 nitrogen and oxygen atoms in total. The van der Waals surface area contributed by atoms with Gasteiger partial charge in [-0.05, 0) is 48.8 Å². The van der Waals surface area contributed by atoms with E-state index in [-0.39, 0.29) is 5.91 Å². The molecule has 128 valence electrons. The minimum Gasteiger partial charge on any atom is -0.325 e. The lowest BCUT2D eigenvalue weighted by atomic mass is 9.89. The van der Waals surface area contributed by atoms with Crippen LogP contribution in [-0.2, 0) is 11.2 Å². The van der Waals surface area contributed by atoms with Gasteiger partial charge in [-0.25, -0.2) is 4.39 Å². The van der Waals surface area contributed by atoms with E-state index in [0.717, 1.165) is 18.5 Å². The molecule has 0 aromatic heterocycles. The van der Waals surface area contributed by atoms with E-state index < -0.39 is 6.17 Å². The molecule has 0 saturated carbocycles. The van der Waals surface area contributed by atoms with Gasteiger partial charge in [0.15, 0.2) is 0 Å². The van der Waals surface area contributed by atoms with Gasteiger partial charge in [-0.15, -0.1) is 0 Å². The summed E-state index contributed by atoms with van der Waals surface area (Å²) in [6, 6.07) is 8.08. The summed E-state index contributed by atoms with van der Waals surface area (Å²) in [6.07, 6.45) is 2.57. The molecule has 1 aromatic carbocycles. The standard InChI is InChI=1S/C19H29FN2O/c1-19(2,3)11-8-15-4-6-17(7-5-15)21-18(23)14-22-12-9-16(20)10-13-22/h4-7,16H,8-14H2,1-3H3,(H,21,23). The highest BCUT2D eigenvalue weighted by Crippen LogP contribution is 2.22. The number of hydrogen-bond donors (Lipinski definition) is 1. The normalized spacial score (nSPS) is 17.2. The topological polar surface area (TPSA) is 32.3 Å². The third-order valence-electron chi connectivity index (χ3n) is 4.29. The molecule has 1 aliphatic rings. The lowest BCUT2D eigenvalue weighted by Crippen LogP contribution is -2.39. The summed E-state index contributed by atoms with van der Waals surface area (Å²) in [4.78, 5) is 14.1. The van der Waals surface area contributed by atoms with E-state index in [0.29, 0.717) is 37.9 Å². The lowest BCUT2D eigenvalue weighted by molar-refractivity contribution is -0.117. The number of rotatable bonds is 5. The van der Waals surface area contributed by atoms with Crippen molar-refractivity contribution in [2.24, 2.45) is 5.41 Å². The second-order valence-electron chi connectivity index (χ2n) is 7.76. The Morgan fingerprint density at radius 1 is 1.22 bits per heavy atom. The number of carbonyl (C=O) groups excluding carboxylic acids is 1. The maximum Gasteiger partial charge on any atom is 0.238 e. The summed E-state index contributed by atoms with van der Waals surface area (Å²) in [5.41, 5.74) is 2.46. The van der Waals surface area contributed by atoms with Gasteiger partial charge in [-0.2, -0.15) is 0 Å². The number of anilines is 1. The van der Waals surface area contributed by atoms with Gasteiger partial charge >= 0.3 is 0 Å². The fraction of sp³-hybridized carbons (Fsp3) is 0.632. The Morgan fingerprint density at radius 2 is 1.83 bits per heavy atom. The molecule has 0 spiro atoms. The number of hydrogen-bond acceptors (Lipinski definition) is 2. The van der Waals surface area contributed by atoms with Gasteiger partial charge in [0.2, 0.25) is 5.91 Å². The summed E-state index contributed by atoms with van der Waals surface area (Å²) in [6.45, 7) is 8.41. The van der Waals surface area contributed by atoms with Gasteiger partial charge in [-0.3, -0.25) is 9.69 Å². The Bertz CT molecular complexity index is 499. The number of likely N-dealkylation sites (tertiary alicyclic amines) is 1. The molecule has 0 radical (unpaired) electrons. The van der Waals surface area contributed by atoms with Crippen molar-refractivity contribution in [1.82, 2.24) is 4.90 Å². The zero-order chi connectivity index (χ0) is 16.9. The van der Waals surface area contributed by atoms with Crippen molar-refractivity contribution in [3.63, 3.8) is 0 Å². The average molecular weight is 320 g/mol. The summed E-state index contributed by atoms with van der Waals surface area (Å²) >= 11 is 0. The second kappa shape index (κ2) is 7.91. The van der Waals surface area contributed by atoms with Crippen LogP contribution in [0.2, 0.25) is 0 Å². The smallest absolute Gasteiger partial charge is 0.238 e. The number of benzene rings is 1. The van der Waals surface area contributed by atoms with Crippen molar-refractivity contribution in [3.05, 3.63) is 29.8 Å². The van der Waals surface area contributed by atoms with Gasteiger partial charge < -0.3 is 5.32 Å². The van der Waals surface area contributed by atoms with Crippen LogP contribution in [0.15, 0.2) is 24.3 Å². The first kappa shape index (κ1) is 17.9. The number of piperidine rings is 1. The molecule has 1 amide bonds. The van der Waals surface area contributed by atoms with Crippen LogP contribution in [0.4, 0.5) is 10.1 Å². The molecule has 0 bridgehead atoms. The highest BCUT2D eigenvalue weighted by molar-refractivity contribution is 5.92. The van der Waals surface area contributed by atoms with E-state index in [2.05, 4.69) is 38.2 Å². The molecule has 23 heavy (non-hydrogen) atoms. The van der Waals surface area contributed by atoms with E-state index in [1.807, 2.05) is 17.0 Å². The van der Waals surface area contributed by atoms with Crippen LogP contribution in [0, 0.1) is 5.41 Å². The van der Waals surface area contributed by atoms with Gasteiger partial charge in [0.1, 0.15) is 6.17 Å². The zero-order valence-corrected chi connectivity index (χ0v) is 14.6. The van der Waals surface area contributed by atoms with Gasteiger partial charge in [-0.1, -0.05) is 32.9 Å². The first-order valence-corrected chi connectivity index (χ1v) is 8.57. The summed E-state index contributed by atoms with van der Waals surface area (Å²) in [7, 11) is 0. The average Bonchev–Trinajstić information content (AvgIpc) is 2.48. The molecule has 1 N–H and O–H groups in total. The quantitative estimate of drug-likeness (QED) is 0.888. The lowest BCUT2D eigenvalue weighted by Gasteiger charge is -2.27. The Kier molecular flexibility index (Phi) is 6.17. The molecule has 1 fully saturated rings. The van der Waals surface area contributed by atoms with E-state index >= 15 is 0 Å². The predicted octanol–water partition coefficient (Wildman–Crippen LogP) is 4.04. The molecule has 1 aromatic rings. The Labute approximate surface area is 139 Å². The van der Waals surface area contributed by atoms with Crippen molar-refractivity contribution in [2.45, 2.75) is 52.6 Å². The largest absolute Gasteiger partial charge is 0.325 e. The summed E-state index contributed by atoms with van der Waals surface area (Å²) < 4.78 is 13.1. The molecule has 1 saturated heterocycles. The molecule has 0 unspecified atom stereocenters. The van der Waals surface area contributed by atoms with Crippen molar-refractivity contribution in [2.75, 3.05) is 25.0 Å². The van der Waals surface area contributed by atoms with Gasteiger partial charge in [0.25, 0.3) is 0 Å². The van der Waals surface area contributed by atoms with Crippen molar-refractivity contribution in [1.29, 1.82) is 0 Å².